The van der Waals surface area contributed by atoms with Crippen molar-refractivity contribution in [3.63, 3.8) is 0 Å². The van der Waals surface area contributed by atoms with E-state index in [0.717, 1.165) is 44.6 Å². The number of amides is 1. The molecule has 0 saturated carbocycles. The van der Waals surface area contributed by atoms with Crippen molar-refractivity contribution in [3.8, 4) is 5.75 Å². The van der Waals surface area contributed by atoms with Gasteiger partial charge in [0.2, 0.25) is 5.91 Å². The fourth-order valence-electron chi connectivity index (χ4n) is 4.46. The van der Waals surface area contributed by atoms with E-state index in [4.69, 9.17) is 0 Å². The van der Waals surface area contributed by atoms with Gasteiger partial charge in [-0.25, -0.2) is 0 Å². The van der Waals surface area contributed by atoms with Gasteiger partial charge in [-0.15, -0.1) is 0 Å². The molecule has 0 aliphatic carbocycles. The Hall–Kier alpha value is -2.59. The van der Waals surface area contributed by atoms with E-state index < -0.39 is 0 Å². The predicted molar refractivity (Wildman–Crippen MR) is 112 cm³/mol. The molecule has 2 aliphatic heterocycles. The highest BCUT2D eigenvalue weighted by atomic mass is 16.3. The lowest BCUT2D eigenvalue weighted by molar-refractivity contribution is -0.127. The molecule has 2 aromatic rings. The summed E-state index contributed by atoms with van der Waals surface area (Å²) in [6.07, 6.45) is 7.01. The number of likely N-dealkylation sites (tertiary alicyclic amines) is 2. The SMILES string of the molecule is O=C1CC2(CCN(Cc3cccc(O)c3)CC2)CN1C/C=C/c1ccccc1. The maximum Gasteiger partial charge on any atom is 0.223 e. The second-order valence-corrected chi connectivity index (χ2v) is 8.21. The van der Waals surface area contributed by atoms with E-state index in [2.05, 4.69) is 35.3 Å². The molecule has 146 valence electrons. The van der Waals surface area contributed by atoms with Crippen molar-refractivity contribution in [1.82, 2.24) is 9.80 Å². The minimum atomic E-state index is 0.146. The fraction of sp³-hybridized carbons (Fsp3) is 0.375. The Bertz CT molecular complexity index is 839. The zero-order chi connectivity index (χ0) is 19.4. The van der Waals surface area contributed by atoms with Crippen molar-refractivity contribution >= 4 is 12.0 Å². The molecule has 0 radical (unpaired) electrons. The van der Waals surface area contributed by atoms with Gasteiger partial charge in [-0.2, -0.15) is 0 Å². The quantitative estimate of drug-likeness (QED) is 0.860. The minimum Gasteiger partial charge on any atom is -0.508 e. The smallest absolute Gasteiger partial charge is 0.223 e. The van der Waals surface area contributed by atoms with Crippen LogP contribution in [0.3, 0.4) is 0 Å². The Kier molecular flexibility index (Phi) is 5.49. The van der Waals surface area contributed by atoms with E-state index in [-0.39, 0.29) is 5.41 Å². The number of rotatable bonds is 5. The number of phenols is 1. The lowest BCUT2D eigenvalue weighted by atomic mass is 9.77. The van der Waals surface area contributed by atoms with Gasteiger partial charge in [-0.05, 0) is 54.6 Å². The van der Waals surface area contributed by atoms with Gasteiger partial charge in [0.1, 0.15) is 5.75 Å². The number of piperidine rings is 1. The van der Waals surface area contributed by atoms with Crippen molar-refractivity contribution in [2.24, 2.45) is 5.41 Å². The van der Waals surface area contributed by atoms with Crippen LogP contribution < -0.4 is 0 Å². The van der Waals surface area contributed by atoms with Crippen molar-refractivity contribution in [2.75, 3.05) is 26.2 Å². The Morgan fingerprint density at radius 3 is 2.57 bits per heavy atom. The Morgan fingerprint density at radius 2 is 1.82 bits per heavy atom. The number of nitrogens with zero attached hydrogens (tertiary/aromatic N) is 2. The van der Waals surface area contributed by atoms with E-state index in [0.29, 0.717) is 24.6 Å². The number of carbonyl (C=O) groups is 1. The molecule has 4 heteroatoms. The number of aromatic hydroxyl groups is 1. The van der Waals surface area contributed by atoms with Crippen LogP contribution in [0.15, 0.2) is 60.7 Å². The first kappa shape index (κ1) is 18.8. The van der Waals surface area contributed by atoms with E-state index in [1.54, 1.807) is 6.07 Å². The summed E-state index contributed by atoms with van der Waals surface area (Å²) >= 11 is 0. The first-order valence-electron chi connectivity index (χ1n) is 10.1. The molecular weight excluding hydrogens is 348 g/mol. The monoisotopic (exact) mass is 376 g/mol. The van der Waals surface area contributed by atoms with Gasteiger partial charge in [-0.1, -0.05) is 54.6 Å². The molecule has 28 heavy (non-hydrogen) atoms. The third kappa shape index (κ3) is 4.45. The highest BCUT2D eigenvalue weighted by Crippen LogP contribution is 2.41. The maximum absolute atomic E-state index is 12.6. The van der Waals surface area contributed by atoms with Gasteiger partial charge < -0.3 is 10.0 Å². The molecule has 0 atom stereocenters. The van der Waals surface area contributed by atoms with E-state index >= 15 is 0 Å². The van der Waals surface area contributed by atoms with Crippen LogP contribution >= 0.6 is 0 Å². The van der Waals surface area contributed by atoms with Crippen LogP contribution in [0.5, 0.6) is 5.75 Å². The van der Waals surface area contributed by atoms with E-state index in [1.165, 1.54) is 5.56 Å². The highest BCUT2D eigenvalue weighted by molar-refractivity contribution is 5.79. The molecule has 2 aromatic carbocycles. The summed E-state index contributed by atoms with van der Waals surface area (Å²) in [5.41, 5.74) is 2.46. The lowest BCUT2D eigenvalue weighted by Gasteiger charge is -2.38. The molecule has 1 spiro atoms. The highest BCUT2D eigenvalue weighted by Gasteiger charge is 2.44. The standard InChI is InChI=1S/C24H28N2O2/c27-22-10-4-8-21(16-22)18-25-14-11-24(12-15-25)17-23(28)26(19-24)13-5-9-20-6-2-1-3-7-20/h1-10,16,27H,11-15,17-19H2/b9-5+. The molecule has 2 aliphatic rings. The molecule has 0 bridgehead atoms. The normalized spacial score (nSPS) is 19.7. The molecule has 2 heterocycles. The first-order chi connectivity index (χ1) is 13.6. The Labute approximate surface area is 167 Å². The molecule has 2 saturated heterocycles. The van der Waals surface area contributed by atoms with Crippen molar-refractivity contribution in [1.29, 1.82) is 0 Å². The average molecular weight is 377 g/mol. The summed E-state index contributed by atoms with van der Waals surface area (Å²) < 4.78 is 0. The van der Waals surface area contributed by atoms with Crippen LogP contribution in [-0.4, -0.2) is 47.0 Å². The number of hydrogen-bond donors (Lipinski definition) is 1. The topological polar surface area (TPSA) is 43.8 Å². The van der Waals surface area contributed by atoms with Crippen LogP contribution in [0, 0.1) is 5.41 Å². The molecule has 0 aromatic heterocycles. The molecule has 1 amide bonds. The Morgan fingerprint density at radius 1 is 1.04 bits per heavy atom. The van der Waals surface area contributed by atoms with Crippen LogP contribution in [0.25, 0.3) is 6.08 Å². The summed E-state index contributed by atoms with van der Waals surface area (Å²) in [4.78, 5) is 17.0. The van der Waals surface area contributed by atoms with Crippen LogP contribution in [0.2, 0.25) is 0 Å². The van der Waals surface area contributed by atoms with Gasteiger partial charge in [0.25, 0.3) is 0 Å². The van der Waals surface area contributed by atoms with Crippen LogP contribution in [0.4, 0.5) is 0 Å². The third-order valence-electron chi connectivity index (χ3n) is 6.07. The summed E-state index contributed by atoms with van der Waals surface area (Å²) in [6, 6.07) is 17.7. The molecule has 1 N–H and O–H groups in total. The molecular formula is C24H28N2O2. The number of hydrogen-bond acceptors (Lipinski definition) is 3. The molecule has 4 nitrogen and oxygen atoms in total. The van der Waals surface area contributed by atoms with Gasteiger partial charge >= 0.3 is 0 Å². The summed E-state index contributed by atoms with van der Waals surface area (Å²) in [6.45, 7) is 4.46. The van der Waals surface area contributed by atoms with Gasteiger partial charge in [-0.3, -0.25) is 9.69 Å². The van der Waals surface area contributed by atoms with Crippen molar-refractivity contribution < 1.29 is 9.90 Å². The van der Waals surface area contributed by atoms with Gasteiger partial charge in [0, 0.05) is 26.1 Å². The summed E-state index contributed by atoms with van der Waals surface area (Å²) in [5.74, 6) is 0.616. The van der Waals surface area contributed by atoms with Crippen LogP contribution in [-0.2, 0) is 11.3 Å². The predicted octanol–water partition coefficient (Wildman–Crippen LogP) is 3.92. The van der Waals surface area contributed by atoms with E-state index in [9.17, 15) is 9.90 Å². The zero-order valence-electron chi connectivity index (χ0n) is 16.3. The fourth-order valence-corrected chi connectivity index (χ4v) is 4.46. The number of benzene rings is 2. The van der Waals surface area contributed by atoms with E-state index in [1.807, 2.05) is 35.2 Å². The molecule has 0 unspecified atom stereocenters. The number of phenolic OH excluding ortho intramolecular Hbond substituents is 1. The molecule has 4 rings (SSSR count). The van der Waals surface area contributed by atoms with Crippen molar-refractivity contribution in [3.05, 3.63) is 71.8 Å². The van der Waals surface area contributed by atoms with Crippen LogP contribution in [0.1, 0.15) is 30.4 Å². The third-order valence-corrected chi connectivity index (χ3v) is 6.07. The van der Waals surface area contributed by atoms with Crippen molar-refractivity contribution in [2.45, 2.75) is 25.8 Å². The zero-order valence-corrected chi connectivity index (χ0v) is 16.3. The molecule has 2 fully saturated rings. The largest absolute Gasteiger partial charge is 0.508 e. The second kappa shape index (κ2) is 8.19. The van der Waals surface area contributed by atoms with Gasteiger partial charge in [0.05, 0.1) is 0 Å². The first-order valence-corrected chi connectivity index (χ1v) is 10.1. The second-order valence-electron chi connectivity index (χ2n) is 8.21. The maximum atomic E-state index is 12.6. The van der Waals surface area contributed by atoms with Gasteiger partial charge in [0.15, 0.2) is 0 Å². The summed E-state index contributed by atoms with van der Waals surface area (Å²) in [5, 5.41) is 9.64. The average Bonchev–Trinajstić information content (AvgIpc) is 3.00. The number of carbonyl (C=O) groups excluding carboxylic acids is 1. The lowest BCUT2D eigenvalue weighted by Crippen LogP contribution is -2.41. The Balaban J connectivity index is 1.29. The minimum absolute atomic E-state index is 0.146. The summed E-state index contributed by atoms with van der Waals surface area (Å²) in [7, 11) is 0.